The van der Waals surface area contributed by atoms with Crippen LogP contribution in [0.15, 0.2) is 0 Å². The van der Waals surface area contributed by atoms with E-state index in [1.165, 1.54) is 12.8 Å². The zero-order valence-corrected chi connectivity index (χ0v) is 11.5. The Kier molecular flexibility index (Phi) is 5.45. The first-order valence-electron chi connectivity index (χ1n) is 7.31. The maximum absolute atomic E-state index is 12.1. The first-order chi connectivity index (χ1) is 8.79. The maximum Gasteiger partial charge on any atom is 0.222 e. The van der Waals surface area contributed by atoms with Crippen LogP contribution in [-0.4, -0.2) is 50.2 Å². The Morgan fingerprint density at radius 3 is 2.72 bits per heavy atom. The van der Waals surface area contributed by atoms with Crippen molar-refractivity contribution >= 4 is 5.91 Å². The van der Waals surface area contributed by atoms with Crippen molar-refractivity contribution in [1.29, 1.82) is 0 Å². The number of hydrogen-bond acceptors (Lipinski definition) is 3. The summed E-state index contributed by atoms with van der Waals surface area (Å²) in [5, 5.41) is 3.41. The molecule has 2 saturated heterocycles. The molecule has 0 aromatic heterocycles. The fourth-order valence-corrected chi connectivity index (χ4v) is 3.00. The molecule has 1 amide bonds. The molecular weight excluding hydrogens is 228 g/mol. The van der Waals surface area contributed by atoms with Crippen molar-refractivity contribution in [3.05, 3.63) is 0 Å². The summed E-state index contributed by atoms with van der Waals surface area (Å²) in [6.45, 7) is 3.99. The highest BCUT2D eigenvalue weighted by atomic mass is 16.5. The van der Waals surface area contributed by atoms with Crippen LogP contribution in [0.1, 0.15) is 38.5 Å². The molecule has 2 fully saturated rings. The Balaban J connectivity index is 1.65. The van der Waals surface area contributed by atoms with Gasteiger partial charge in [-0.2, -0.15) is 0 Å². The van der Waals surface area contributed by atoms with Crippen LogP contribution in [0.5, 0.6) is 0 Å². The van der Waals surface area contributed by atoms with Gasteiger partial charge in [-0.25, -0.2) is 0 Å². The highest BCUT2D eigenvalue weighted by Gasteiger charge is 2.23. The summed E-state index contributed by atoms with van der Waals surface area (Å²) >= 11 is 0. The van der Waals surface area contributed by atoms with Gasteiger partial charge in [-0.1, -0.05) is 0 Å². The van der Waals surface area contributed by atoms with E-state index in [1.807, 2.05) is 4.90 Å². The lowest BCUT2D eigenvalue weighted by Crippen LogP contribution is -2.41. The average molecular weight is 254 g/mol. The van der Waals surface area contributed by atoms with Gasteiger partial charge in [0.25, 0.3) is 0 Å². The van der Waals surface area contributed by atoms with E-state index in [1.54, 1.807) is 7.11 Å². The molecule has 1 N–H and O–H groups in total. The van der Waals surface area contributed by atoms with Gasteiger partial charge >= 0.3 is 0 Å². The third-order valence-corrected chi connectivity index (χ3v) is 4.29. The van der Waals surface area contributed by atoms with Crippen LogP contribution in [0.4, 0.5) is 0 Å². The number of nitrogens with one attached hydrogen (secondary N) is 1. The zero-order chi connectivity index (χ0) is 12.8. The Labute approximate surface area is 110 Å². The van der Waals surface area contributed by atoms with E-state index in [-0.39, 0.29) is 0 Å². The molecular formula is C14H26N2O2. The standard InChI is InChI=1S/C14H26N2O2/c1-18-13-6-9-16(10-7-13)14(17)5-4-12-3-2-8-15-11-12/h12-13,15H,2-11H2,1H3. The van der Waals surface area contributed by atoms with Crippen molar-refractivity contribution in [2.24, 2.45) is 5.92 Å². The number of amides is 1. The van der Waals surface area contributed by atoms with Crippen LogP contribution in [0.25, 0.3) is 0 Å². The summed E-state index contributed by atoms with van der Waals surface area (Å²) in [5.74, 6) is 1.05. The molecule has 0 spiro atoms. The minimum atomic E-state index is 0.343. The van der Waals surface area contributed by atoms with Gasteiger partial charge in [0.2, 0.25) is 5.91 Å². The monoisotopic (exact) mass is 254 g/mol. The van der Waals surface area contributed by atoms with Crippen molar-refractivity contribution < 1.29 is 9.53 Å². The van der Waals surface area contributed by atoms with E-state index < -0.39 is 0 Å². The van der Waals surface area contributed by atoms with Crippen LogP contribution in [-0.2, 0) is 9.53 Å². The molecule has 104 valence electrons. The topological polar surface area (TPSA) is 41.6 Å². The molecule has 1 atom stereocenters. The Bertz CT molecular complexity index is 257. The lowest BCUT2D eigenvalue weighted by atomic mass is 9.94. The number of ether oxygens (including phenoxy) is 1. The molecule has 18 heavy (non-hydrogen) atoms. The molecule has 1 unspecified atom stereocenters. The number of likely N-dealkylation sites (tertiary alicyclic amines) is 1. The molecule has 0 aliphatic carbocycles. The second-order valence-corrected chi connectivity index (χ2v) is 5.57. The minimum absolute atomic E-state index is 0.343. The van der Waals surface area contributed by atoms with Crippen LogP contribution < -0.4 is 5.32 Å². The number of nitrogens with zero attached hydrogens (tertiary/aromatic N) is 1. The Morgan fingerprint density at radius 1 is 1.33 bits per heavy atom. The average Bonchev–Trinajstić information content (AvgIpc) is 2.46. The minimum Gasteiger partial charge on any atom is -0.381 e. The van der Waals surface area contributed by atoms with E-state index in [0.717, 1.165) is 51.9 Å². The van der Waals surface area contributed by atoms with Gasteiger partial charge < -0.3 is 15.0 Å². The molecule has 2 aliphatic heterocycles. The molecule has 4 nitrogen and oxygen atoms in total. The first-order valence-corrected chi connectivity index (χ1v) is 7.31. The lowest BCUT2D eigenvalue weighted by Gasteiger charge is -2.32. The van der Waals surface area contributed by atoms with E-state index >= 15 is 0 Å². The number of methoxy groups -OCH3 is 1. The number of piperidine rings is 2. The van der Waals surface area contributed by atoms with Crippen LogP contribution >= 0.6 is 0 Å². The summed E-state index contributed by atoms with van der Waals surface area (Å²) in [6, 6.07) is 0. The SMILES string of the molecule is COC1CCN(C(=O)CCC2CCCNC2)CC1. The smallest absolute Gasteiger partial charge is 0.222 e. The second kappa shape index (κ2) is 7.10. The summed E-state index contributed by atoms with van der Waals surface area (Å²) in [7, 11) is 1.76. The Hall–Kier alpha value is -0.610. The largest absolute Gasteiger partial charge is 0.381 e. The predicted octanol–water partition coefficient (Wildman–Crippen LogP) is 1.40. The molecule has 0 aromatic carbocycles. The highest BCUT2D eigenvalue weighted by molar-refractivity contribution is 5.76. The number of carbonyl (C=O) groups is 1. The molecule has 4 heteroatoms. The van der Waals surface area contributed by atoms with Gasteiger partial charge in [0.1, 0.15) is 0 Å². The van der Waals surface area contributed by atoms with Crippen LogP contribution in [0, 0.1) is 5.92 Å². The van der Waals surface area contributed by atoms with Crippen molar-refractivity contribution in [2.45, 2.75) is 44.6 Å². The van der Waals surface area contributed by atoms with Crippen LogP contribution in [0.2, 0.25) is 0 Å². The van der Waals surface area contributed by atoms with Crippen molar-refractivity contribution in [3.63, 3.8) is 0 Å². The first kappa shape index (κ1) is 13.8. The van der Waals surface area contributed by atoms with E-state index in [0.29, 0.717) is 17.9 Å². The molecule has 0 radical (unpaired) electrons. The van der Waals surface area contributed by atoms with Gasteiger partial charge in [-0.15, -0.1) is 0 Å². The zero-order valence-electron chi connectivity index (χ0n) is 11.5. The molecule has 2 heterocycles. The summed E-state index contributed by atoms with van der Waals surface area (Å²) < 4.78 is 5.33. The summed E-state index contributed by atoms with van der Waals surface area (Å²) in [6.07, 6.45) is 6.67. The Morgan fingerprint density at radius 2 is 2.11 bits per heavy atom. The third kappa shape index (κ3) is 3.95. The van der Waals surface area contributed by atoms with E-state index in [9.17, 15) is 4.79 Å². The quantitative estimate of drug-likeness (QED) is 0.824. The van der Waals surface area contributed by atoms with Gasteiger partial charge in [0, 0.05) is 26.6 Å². The van der Waals surface area contributed by atoms with Gasteiger partial charge in [0.05, 0.1) is 6.10 Å². The van der Waals surface area contributed by atoms with Gasteiger partial charge in [-0.05, 0) is 51.1 Å². The van der Waals surface area contributed by atoms with E-state index in [2.05, 4.69) is 5.32 Å². The second-order valence-electron chi connectivity index (χ2n) is 5.57. The fraction of sp³-hybridized carbons (Fsp3) is 0.929. The molecule has 0 saturated carbocycles. The number of carbonyl (C=O) groups excluding carboxylic acids is 1. The van der Waals surface area contributed by atoms with Gasteiger partial charge in [0.15, 0.2) is 0 Å². The third-order valence-electron chi connectivity index (χ3n) is 4.29. The van der Waals surface area contributed by atoms with Gasteiger partial charge in [-0.3, -0.25) is 4.79 Å². The van der Waals surface area contributed by atoms with E-state index in [4.69, 9.17) is 4.74 Å². The van der Waals surface area contributed by atoms with Crippen LogP contribution in [0.3, 0.4) is 0 Å². The normalized spacial score (nSPS) is 26.3. The van der Waals surface area contributed by atoms with Crippen molar-refractivity contribution in [2.75, 3.05) is 33.3 Å². The fourth-order valence-electron chi connectivity index (χ4n) is 3.00. The summed E-state index contributed by atoms with van der Waals surface area (Å²) in [4.78, 5) is 14.1. The summed E-state index contributed by atoms with van der Waals surface area (Å²) in [5.41, 5.74) is 0. The molecule has 2 rings (SSSR count). The van der Waals surface area contributed by atoms with Crippen molar-refractivity contribution in [1.82, 2.24) is 10.2 Å². The molecule has 2 aliphatic rings. The lowest BCUT2D eigenvalue weighted by molar-refractivity contribution is -0.133. The number of hydrogen-bond donors (Lipinski definition) is 1. The number of rotatable bonds is 4. The predicted molar refractivity (Wildman–Crippen MR) is 71.4 cm³/mol. The molecule has 0 aromatic rings. The highest BCUT2D eigenvalue weighted by Crippen LogP contribution is 2.18. The molecule has 0 bridgehead atoms. The van der Waals surface area contributed by atoms with Crippen molar-refractivity contribution in [3.8, 4) is 0 Å². The maximum atomic E-state index is 12.1.